The molecule has 0 heterocycles. The lowest BCUT2D eigenvalue weighted by Gasteiger charge is -2.45. The highest BCUT2D eigenvalue weighted by atomic mass is 30.1. The predicted octanol–water partition coefficient (Wildman–Crippen LogP) is 6.45. The molecule has 28 nitrogen and oxygen atoms in total. The minimum atomic E-state index is -3.77. The van der Waals surface area contributed by atoms with Crippen LogP contribution in [0, 0.1) is 0 Å². The lowest BCUT2D eigenvalue weighted by atomic mass is 10.2. The Bertz CT molecular complexity index is 2500. The van der Waals surface area contributed by atoms with Gasteiger partial charge in [-0.3, -0.25) is 5.32 Å². The van der Waals surface area contributed by atoms with E-state index >= 15 is 0 Å². The lowest BCUT2D eigenvalue weighted by molar-refractivity contribution is -0.138. The standard InChI is InChI=1S/C53H108N5O23Si13/c1-47(2)48(59)75-40-34-58-52(63)77-39-29-44-92(7,8)80-53(3,4)91(5,6)43-27-19-13-18-24-38-76-49(60)55-31-22-16-17-23-33-57-51(62)79-42-41-78-50(61)56-32-21-15-14-20-30-54-46-74-36-26-25-35-73-37-28-45-93(9,10)81-94(11,12)90(72)89(71)88(70)87(69)86(68)85(67)84(66)83(65)82-64/h54H,1,13-46H2,2-12H3,(H,55,60)(H,56,61)(H,57,62)(H,58,63). The highest BCUT2D eigenvalue weighted by Crippen LogP contribution is 2.34. The first-order chi connectivity index (χ1) is 44.1. The zero-order chi connectivity index (χ0) is 71.2. The second-order valence-corrected chi connectivity index (χ2v) is 86.5. The Morgan fingerprint density at radius 2 is 0.819 bits per heavy atom. The molecule has 0 spiro atoms. The number of rotatable bonds is 58. The van der Waals surface area contributed by atoms with Crippen LogP contribution < -0.4 is 26.6 Å². The predicted molar refractivity (Wildman–Crippen MR) is 370 cm³/mol. The maximum atomic E-state index is 13.3. The maximum Gasteiger partial charge on any atom is 0.407 e. The summed E-state index contributed by atoms with van der Waals surface area (Å²) < 4.78 is 161. The Kier molecular flexibility index (Phi) is 49.7. The summed E-state index contributed by atoms with van der Waals surface area (Å²) in [5.74, 6) is -0.496. The van der Waals surface area contributed by atoms with E-state index in [-0.39, 0.29) is 38.2 Å². The molecule has 0 bridgehead atoms. The highest BCUT2D eigenvalue weighted by molar-refractivity contribution is 7.76. The van der Waals surface area contributed by atoms with Crippen LogP contribution >= 0.6 is 0 Å². The first kappa shape index (κ1) is 91.1. The molecule has 5 N–H and O–H groups in total. The van der Waals surface area contributed by atoms with Crippen molar-refractivity contribution in [3.63, 3.8) is 0 Å². The SMILES string of the molecule is C=C(C)C(=O)OCCNC(=O)OCCC[Si](C)(C)OC(C)(C)[Si](C)(C)CCCCCCCOC(=O)NCCCCCCNC(=O)OCCOC(=O)NCCCCCCNCOCCCCOCCC[Si](C)(C)O[Si](C)(C)[Si](=O)[Si](=O)[Si](=O)[Si](=O)[Si](=O)[Si](=O)[Si](=O)[Si](=O)[Si]=O. The summed E-state index contributed by atoms with van der Waals surface area (Å²) in [4.78, 5) is 59.6. The fraction of sp³-hybridized carbons (Fsp3) is 0.868. The van der Waals surface area contributed by atoms with Gasteiger partial charge in [-0.1, -0.05) is 77.1 Å². The minimum Gasteiger partial charge on any atom is -0.460 e. The van der Waals surface area contributed by atoms with Gasteiger partial charge < -0.3 is 103 Å². The third-order valence-corrected chi connectivity index (χ3v) is 96.8. The van der Waals surface area contributed by atoms with Gasteiger partial charge in [-0.2, -0.15) is 0 Å². The van der Waals surface area contributed by atoms with Gasteiger partial charge in [-0.05, 0) is 136 Å². The number of carbonyl (C=O) groups is 5. The molecule has 0 aromatic carbocycles. The van der Waals surface area contributed by atoms with Crippen molar-refractivity contribution in [3.05, 3.63) is 12.2 Å². The van der Waals surface area contributed by atoms with Crippen LogP contribution in [0.3, 0.4) is 0 Å². The second kappa shape index (κ2) is 51.3. The van der Waals surface area contributed by atoms with E-state index in [4.69, 9.17) is 41.7 Å². The van der Waals surface area contributed by atoms with Crippen LogP contribution in [0.5, 0.6) is 0 Å². The van der Waals surface area contributed by atoms with Crippen molar-refractivity contribution in [2.75, 3.05) is 92.3 Å². The molecule has 0 unspecified atom stereocenters. The van der Waals surface area contributed by atoms with Crippen molar-refractivity contribution in [2.24, 2.45) is 0 Å². The van der Waals surface area contributed by atoms with Crippen molar-refractivity contribution in [2.45, 2.75) is 206 Å². The van der Waals surface area contributed by atoms with Gasteiger partial charge in [-0.25, -0.2) is 24.0 Å². The molecule has 94 heavy (non-hydrogen) atoms. The summed E-state index contributed by atoms with van der Waals surface area (Å²) in [7, 11) is -39.5. The Morgan fingerprint density at radius 3 is 1.34 bits per heavy atom. The molecule has 0 rings (SSSR count). The summed E-state index contributed by atoms with van der Waals surface area (Å²) >= 11 is 0. The summed E-state index contributed by atoms with van der Waals surface area (Å²) in [6.45, 7) is 30.6. The van der Waals surface area contributed by atoms with Gasteiger partial charge in [-0.15, -0.1) is 0 Å². The highest BCUT2D eigenvalue weighted by Gasteiger charge is 2.53. The Hall–Kier alpha value is -2.89. The van der Waals surface area contributed by atoms with E-state index in [0.29, 0.717) is 77.3 Å². The topological polar surface area (TPSA) is 382 Å². The van der Waals surface area contributed by atoms with Crippen molar-refractivity contribution in [1.29, 1.82) is 0 Å². The number of amides is 4. The largest absolute Gasteiger partial charge is 0.460 e. The maximum absolute atomic E-state index is 13.3. The minimum absolute atomic E-state index is 0.0509. The van der Waals surface area contributed by atoms with Crippen molar-refractivity contribution >= 4 is 134 Å². The van der Waals surface area contributed by atoms with Crippen LogP contribution in [0.4, 0.5) is 19.2 Å². The third kappa shape index (κ3) is 44.2. The van der Waals surface area contributed by atoms with Crippen LogP contribution in [0.25, 0.3) is 0 Å². The van der Waals surface area contributed by atoms with E-state index in [9.17, 15) is 64.1 Å². The molecular formula is C53H108N5O23Si13. The van der Waals surface area contributed by atoms with Crippen LogP contribution in [0.2, 0.25) is 70.5 Å². The molecule has 41 heteroatoms. The summed E-state index contributed by atoms with van der Waals surface area (Å²) in [6.07, 6.45) is 12.9. The monoisotopic (exact) mass is 1550 g/mol. The molecule has 0 saturated heterocycles. The lowest BCUT2D eigenvalue weighted by Crippen LogP contribution is -2.59. The van der Waals surface area contributed by atoms with Crippen LogP contribution in [-0.4, -0.2) is 231 Å². The molecule has 0 saturated carbocycles. The molecule has 0 aromatic heterocycles. The zero-order valence-electron chi connectivity index (χ0n) is 57.6. The Balaban J connectivity index is 3.83. The van der Waals surface area contributed by atoms with E-state index in [1.807, 2.05) is 13.1 Å². The van der Waals surface area contributed by atoms with E-state index in [1.54, 1.807) is 20.0 Å². The van der Waals surface area contributed by atoms with Gasteiger partial charge in [0, 0.05) is 50.3 Å². The van der Waals surface area contributed by atoms with Gasteiger partial charge in [0.15, 0.2) is 16.6 Å². The van der Waals surface area contributed by atoms with Gasteiger partial charge in [0.1, 0.15) is 19.8 Å². The summed E-state index contributed by atoms with van der Waals surface area (Å²) in [5, 5.41) is 13.8. The fourth-order valence-electron chi connectivity index (χ4n) is 9.06. The molecule has 1 radical (unpaired) electrons. The van der Waals surface area contributed by atoms with E-state index in [1.165, 1.54) is 0 Å². The number of alkyl carbamates (subject to hydrolysis) is 4. The third-order valence-electron chi connectivity index (χ3n) is 14.9. The van der Waals surface area contributed by atoms with Crippen molar-refractivity contribution < 1.29 is 106 Å². The quantitative estimate of drug-likeness (QED) is 0.0109. The molecule has 0 aliphatic heterocycles. The molecule has 0 atom stereocenters. The number of ether oxygens (including phenoxy) is 7. The van der Waals surface area contributed by atoms with Gasteiger partial charge in [0.25, 0.3) is 0 Å². The first-order valence-corrected chi connectivity index (χ1v) is 66.1. The number of unbranched alkanes of at least 4 members (excludes halogenated alkanes) is 11. The number of carbonyl (C=O) groups excluding carboxylic acids is 5. The van der Waals surface area contributed by atoms with Gasteiger partial charge >= 0.3 is 101 Å². The van der Waals surface area contributed by atoms with Crippen LogP contribution in [0.15, 0.2) is 12.2 Å². The summed E-state index contributed by atoms with van der Waals surface area (Å²) in [6, 6.07) is 2.65. The molecular weight excluding hydrogens is 1440 g/mol. The fourth-order valence-corrected chi connectivity index (χ4v) is 118. The van der Waals surface area contributed by atoms with Crippen molar-refractivity contribution in [1.82, 2.24) is 26.6 Å². The molecule has 0 aromatic rings. The number of nitrogens with one attached hydrogen (secondary N) is 5. The van der Waals surface area contributed by atoms with Crippen LogP contribution in [0.1, 0.15) is 130 Å². The zero-order valence-corrected chi connectivity index (χ0v) is 70.6. The van der Waals surface area contributed by atoms with E-state index in [0.717, 1.165) is 115 Å². The molecule has 0 aliphatic carbocycles. The average Bonchev–Trinajstić information content (AvgIpc) is 0.925. The van der Waals surface area contributed by atoms with Gasteiger partial charge in [0.2, 0.25) is 7.83 Å². The Labute approximate surface area is 572 Å². The summed E-state index contributed by atoms with van der Waals surface area (Å²) in [5.41, 5.74) is 0.302. The number of hydrogen-bond acceptors (Lipinski definition) is 24. The van der Waals surface area contributed by atoms with Gasteiger partial charge in [0.05, 0.1) is 34.6 Å². The smallest absolute Gasteiger partial charge is 0.407 e. The van der Waals surface area contributed by atoms with E-state index < -0.39 is 134 Å². The average molecular weight is 1550 g/mol. The van der Waals surface area contributed by atoms with Crippen LogP contribution in [-0.2, 0) is 86.7 Å². The second-order valence-electron chi connectivity index (χ2n) is 25.5. The number of hydrogen-bond donors (Lipinski definition) is 5. The first-order valence-electron chi connectivity index (χ1n) is 32.6. The molecule has 0 fully saturated rings. The van der Waals surface area contributed by atoms with Crippen molar-refractivity contribution in [3.8, 4) is 0 Å². The molecule has 0 aliphatic rings. The number of esters is 1. The molecule has 535 valence electrons. The normalized spacial score (nSPS) is 11.7. The Morgan fingerprint density at radius 1 is 0.426 bits per heavy atom. The van der Waals surface area contributed by atoms with E-state index in [2.05, 4.69) is 73.2 Å². The molecule has 4 amide bonds.